The van der Waals surface area contributed by atoms with Gasteiger partial charge in [0.1, 0.15) is 0 Å². The van der Waals surface area contributed by atoms with Gasteiger partial charge in [-0.05, 0) is 37.5 Å². The molecule has 0 amide bonds. The molecule has 0 bridgehead atoms. The Bertz CT molecular complexity index is 294. The summed E-state index contributed by atoms with van der Waals surface area (Å²) in [4.78, 5) is 8.32. The third kappa shape index (κ3) is 2.64. The summed E-state index contributed by atoms with van der Waals surface area (Å²) in [5, 5.41) is 0. The number of rotatable bonds is 3. The van der Waals surface area contributed by atoms with Crippen LogP contribution in [-0.4, -0.2) is 19.0 Å². The van der Waals surface area contributed by atoms with Gasteiger partial charge >= 0.3 is 0 Å². The third-order valence-corrected chi connectivity index (χ3v) is 2.40. The number of aliphatic imine (C=N–C) groups is 2. The van der Waals surface area contributed by atoms with Crippen molar-refractivity contribution in [3.05, 3.63) is 23.5 Å². The molecule has 1 rings (SSSR count). The first kappa shape index (κ1) is 10.9. The Kier molecular flexibility index (Phi) is 4.26. The van der Waals surface area contributed by atoms with Crippen LogP contribution in [0.25, 0.3) is 0 Å². The third-order valence-electron chi connectivity index (χ3n) is 2.40. The van der Waals surface area contributed by atoms with Crippen LogP contribution >= 0.6 is 0 Å². The Balaban J connectivity index is 2.97. The quantitative estimate of drug-likeness (QED) is 0.728. The molecule has 0 radical (unpaired) electrons. The van der Waals surface area contributed by atoms with Crippen LogP contribution < -0.4 is 5.73 Å². The Morgan fingerprint density at radius 3 is 2.86 bits per heavy atom. The van der Waals surface area contributed by atoms with Crippen LogP contribution in [0.15, 0.2) is 33.5 Å². The maximum atomic E-state index is 5.71. The average Bonchev–Trinajstić information content (AvgIpc) is 2.18. The van der Waals surface area contributed by atoms with Crippen molar-refractivity contribution in [2.45, 2.75) is 20.3 Å². The summed E-state index contributed by atoms with van der Waals surface area (Å²) < 4.78 is 0. The van der Waals surface area contributed by atoms with Crippen LogP contribution in [0.1, 0.15) is 20.3 Å². The topological polar surface area (TPSA) is 50.7 Å². The lowest BCUT2D eigenvalue weighted by Crippen LogP contribution is -2.16. The minimum Gasteiger partial charge on any atom is -0.330 e. The Morgan fingerprint density at radius 2 is 2.21 bits per heavy atom. The highest BCUT2D eigenvalue weighted by Gasteiger charge is 2.10. The fraction of sp³-hybridized carbons (Fsp3) is 0.455. The van der Waals surface area contributed by atoms with Gasteiger partial charge in [-0.1, -0.05) is 6.92 Å². The van der Waals surface area contributed by atoms with E-state index in [-0.39, 0.29) is 0 Å². The first-order valence-corrected chi connectivity index (χ1v) is 4.92. The van der Waals surface area contributed by atoms with Gasteiger partial charge in [0, 0.05) is 24.3 Å². The molecule has 1 atom stereocenters. The summed E-state index contributed by atoms with van der Waals surface area (Å²) >= 11 is 0. The van der Waals surface area contributed by atoms with E-state index in [4.69, 9.17) is 5.73 Å². The van der Waals surface area contributed by atoms with E-state index in [0.29, 0.717) is 12.5 Å². The molecule has 0 aromatic heterocycles. The molecular weight excluding hydrogens is 174 g/mol. The van der Waals surface area contributed by atoms with E-state index in [1.54, 1.807) is 18.6 Å². The van der Waals surface area contributed by atoms with Crippen LogP contribution in [0.5, 0.6) is 0 Å². The second kappa shape index (κ2) is 5.50. The number of nitrogens with two attached hydrogens (primary N) is 1. The number of allylic oxidation sites excluding steroid dienone is 2. The zero-order valence-electron chi connectivity index (χ0n) is 8.77. The van der Waals surface area contributed by atoms with Crippen molar-refractivity contribution >= 4 is 12.4 Å². The van der Waals surface area contributed by atoms with Crippen LogP contribution in [0.2, 0.25) is 0 Å². The second-order valence-corrected chi connectivity index (χ2v) is 3.27. The van der Waals surface area contributed by atoms with E-state index in [2.05, 4.69) is 16.9 Å². The summed E-state index contributed by atoms with van der Waals surface area (Å²) in [6.07, 6.45) is 8.22. The monoisotopic (exact) mass is 191 g/mol. The Labute approximate surface area is 85.1 Å². The van der Waals surface area contributed by atoms with Crippen molar-refractivity contribution in [1.29, 1.82) is 0 Å². The normalized spacial score (nSPS) is 30.2. The summed E-state index contributed by atoms with van der Waals surface area (Å²) in [7, 11) is 0. The zero-order valence-corrected chi connectivity index (χ0v) is 8.77. The maximum Gasteiger partial charge on any atom is 0.0454 e. The van der Waals surface area contributed by atoms with Crippen LogP contribution in [0, 0.1) is 5.92 Å². The van der Waals surface area contributed by atoms with Crippen molar-refractivity contribution in [2.24, 2.45) is 21.6 Å². The van der Waals surface area contributed by atoms with E-state index in [0.717, 1.165) is 12.1 Å². The molecule has 0 saturated heterocycles. The zero-order chi connectivity index (χ0) is 10.4. The lowest BCUT2D eigenvalue weighted by atomic mass is 9.94. The van der Waals surface area contributed by atoms with Crippen molar-refractivity contribution in [3.8, 4) is 0 Å². The predicted octanol–water partition coefficient (Wildman–Crippen LogP) is 1.91. The van der Waals surface area contributed by atoms with Crippen molar-refractivity contribution < 1.29 is 0 Å². The largest absolute Gasteiger partial charge is 0.330 e. The first-order valence-electron chi connectivity index (χ1n) is 4.92. The molecule has 0 fully saturated rings. The number of hydrogen-bond donors (Lipinski definition) is 1. The van der Waals surface area contributed by atoms with Crippen molar-refractivity contribution in [3.63, 3.8) is 0 Å². The van der Waals surface area contributed by atoms with E-state index in [1.165, 1.54) is 5.57 Å². The van der Waals surface area contributed by atoms with Gasteiger partial charge in [-0.25, -0.2) is 0 Å². The van der Waals surface area contributed by atoms with Crippen LogP contribution in [0.3, 0.4) is 0 Å². The smallest absolute Gasteiger partial charge is 0.0454 e. The molecule has 3 heteroatoms. The minimum absolute atomic E-state index is 0.386. The van der Waals surface area contributed by atoms with E-state index in [1.807, 2.05) is 13.0 Å². The first-order chi connectivity index (χ1) is 6.79. The van der Waals surface area contributed by atoms with E-state index in [9.17, 15) is 0 Å². The van der Waals surface area contributed by atoms with Gasteiger partial charge in [-0.3, -0.25) is 9.98 Å². The molecule has 0 spiro atoms. The Morgan fingerprint density at radius 1 is 1.43 bits per heavy atom. The molecule has 1 aliphatic rings. The molecule has 1 unspecified atom stereocenters. The molecule has 3 nitrogen and oxygen atoms in total. The molecule has 76 valence electrons. The summed E-state index contributed by atoms with van der Waals surface area (Å²) in [6.45, 7) is 4.80. The molecule has 0 aromatic rings. The van der Waals surface area contributed by atoms with E-state index < -0.39 is 0 Å². The highest BCUT2D eigenvalue weighted by molar-refractivity contribution is 6.16. The standard InChI is InChI=1S/C11H17N3/c1-3-10(8-12)11-4-5-13-6-7-14-9(11)2/h4-7,10H,3,8,12H2,1-2H3/b5-4+,7-6?,11-4?,11-9-,13-5?,13-6-,14-7-,14-9?. The van der Waals surface area contributed by atoms with Gasteiger partial charge in [0.05, 0.1) is 0 Å². The van der Waals surface area contributed by atoms with Gasteiger partial charge in [0.25, 0.3) is 0 Å². The molecule has 1 heterocycles. The van der Waals surface area contributed by atoms with Crippen molar-refractivity contribution in [2.75, 3.05) is 6.54 Å². The fourth-order valence-electron chi connectivity index (χ4n) is 1.50. The second-order valence-electron chi connectivity index (χ2n) is 3.27. The number of nitrogens with zero attached hydrogens (tertiary/aromatic N) is 2. The highest BCUT2D eigenvalue weighted by Crippen LogP contribution is 2.20. The fourth-order valence-corrected chi connectivity index (χ4v) is 1.50. The highest BCUT2D eigenvalue weighted by atomic mass is 14.8. The molecule has 1 aliphatic heterocycles. The van der Waals surface area contributed by atoms with Gasteiger partial charge in [0.2, 0.25) is 0 Å². The average molecular weight is 191 g/mol. The van der Waals surface area contributed by atoms with Gasteiger partial charge in [-0.2, -0.15) is 0 Å². The number of hydrogen-bond acceptors (Lipinski definition) is 3. The SMILES string of the molecule is CCC(CN)C1=C(C)\N=C/C=N\C=C\1. The minimum atomic E-state index is 0.386. The predicted molar refractivity (Wildman–Crippen MR) is 61.7 cm³/mol. The molecule has 2 N–H and O–H groups in total. The van der Waals surface area contributed by atoms with Crippen LogP contribution in [0.4, 0.5) is 0 Å². The lowest BCUT2D eigenvalue weighted by Gasteiger charge is -2.15. The molecule has 0 aromatic carbocycles. The van der Waals surface area contributed by atoms with Gasteiger partial charge < -0.3 is 5.73 Å². The molecule has 0 aliphatic carbocycles. The maximum absolute atomic E-state index is 5.71. The Hall–Kier alpha value is -1.22. The van der Waals surface area contributed by atoms with Gasteiger partial charge in [0.15, 0.2) is 0 Å². The molecule has 0 saturated carbocycles. The van der Waals surface area contributed by atoms with Crippen LogP contribution in [-0.2, 0) is 0 Å². The molecular formula is C11H17N3. The lowest BCUT2D eigenvalue weighted by molar-refractivity contribution is 0.609. The van der Waals surface area contributed by atoms with E-state index >= 15 is 0 Å². The summed E-state index contributed by atoms with van der Waals surface area (Å²) in [5.74, 6) is 0.386. The molecule has 14 heavy (non-hydrogen) atoms. The van der Waals surface area contributed by atoms with Crippen molar-refractivity contribution in [1.82, 2.24) is 0 Å². The van der Waals surface area contributed by atoms with Gasteiger partial charge in [-0.15, -0.1) is 0 Å². The summed E-state index contributed by atoms with van der Waals surface area (Å²) in [5.41, 5.74) is 7.94. The summed E-state index contributed by atoms with van der Waals surface area (Å²) in [6, 6.07) is 0.